The Bertz CT molecular complexity index is 499. The molecule has 3 aliphatic heterocycles. The maximum absolute atomic E-state index is 6.10. The van der Waals surface area contributed by atoms with Gasteiger partial charge in [0.2, 0.25) is 0 Å². The van der Waals surface area contributed by atoms with Gasteiger partial charge in [0, 0.05) is 0 Å². The van der Waals surface area contributed by atoms with E-state index in [2.05, 4.69) is 0 Å². The maximum Gasteiger partial charge on any atom is 0.190 e. The molecule has 0 unspecified atom stereocenters. The molecule has 3 saturated heterocycles. The molecule has 0 aliphatic carbocycles. The lowest BCUT2D eigenvalue weighted by Crippen LogP contribution is -2.39. The van der Waals surface area contributed by atoms with Crippen LogP contribution >= 0.6 is 0 Å². The molecule has 4 rings (SSSR count). The summed E-state index contributed by atoms with van der Waals surface area (Å²) in [7, 11) is 0. The van der Waals surface area contributed by atoms with E-state index in [9.17, 15) is 0 Å². The molecule has 0 bridgehead atoms. The third kappa shape index (κ3) is 2.72. The molecule has 0 amide bonds. The molecule has 3 heterocycles. The second-order valence-electron chi connectivity index (χ2n) is 6.20. The minimum absolute atomic E-state index is 0.103. The molecule has 5 nitrogen and oxygen atoms in total. The topological polar surface area (TPSA) is 49.5 Å². The number of ether oxygens (including phenoxy) is 5. The summed E-state index contributed by atoms with van der Waals surface area (Å²) >= 11 is 0. The van der Waals surface area contributed by atoms with Crippen LogP contribution in [0.1, 0.15) is 19.4 Å². The van der Waals surface area contributed by atoms with Gasteiger partial charge in [0.25, 0.3) is 0 Å². The first kappa shape index (κ1) is 13.7. The first-order chi connectivity index (χ1) is 10.1. The molecule has 0 aromatic heterocycles. The van der Waals surface area contributed by atoms with Crippen molar-refractivity contribution in [3.05, 3.63) is 35.9 Å². The minimum atomic E-state index is -0.626. The van der Waals surface area contributed by atoms with E-state index in [1.54, 1.807) is 0 Å². The summed E-state index contributed by atoms with van der Waals surface area (Å²) in [5.41, 5.74) is 1.13. The molecule has 3 aliphatic rings. The monoisotopic (exact) mass is 293 g/mol. The average Bonchev–Trinajstić information content (AvgIpc) is 3.18. The van der Waals surface area contributed by atoms with E-state index in [0.717, 1.165) is 12.2 Å². The lowest BCUT2D eigenvalue weighted by Gasteiger charge is -2.25. The van der Waals surface area contributed by atoms with Crippen LogP contribution in [0.25, 0.3) is 0 Å². The van der Waals surface area contributed by atoms with E-state index in [1.165, 1.54) is 0 Å². The third-order valence-electron chi connectivity index (χ3n) is 4.04. The SMILES string of the molecule is CC1(C)O[C@H]2O[C@@H]([C@H]3[13CH2]O3)[C@H](OCc3ccccc3)[C@H]2O1. The van der Waals surface area contributed by atoms with Gasteiger partial charge in [-0.25, -0.2) is 0 Å². The zero-order valence-corrected chi connectivity index (χ0v) is 12.2. The van der Waals surface area contributed by atoms with Crippen molar-refractivity contribution in [3.63, 3.8) is 0 Å². The molecular weight excluding hydrogens is 273 g/mol. The molecule has 114 valence electrons. The highest BCUT2D eigenvalue weighted by atomic mass is 16.8. The zero-order chi connectivity index (χ0) is 14.4. The fraction of sp³-hybridized carbons (Fsp3) is 0.625. The first-order valence-electron chi connectivity index (χ1n) is 7.41. The van der Waals surface area contributed by atoms with Crippen molar-refractivity contribution in [2.24, 2.45) is 0 Å². The molecule has 5 atom stereocenters. The van der Waals surface area contributed by atoms with Crippen molar-refractivity contribution in [2.45, 2.75) is 56.9 Å². The molecule has 1 aromatic rings. The number of epoxide rings is 1. The van der Waals surface area contributed by atoms with Gasteiger partial charge in [0.05, 0.1) is 13.2 Å². The highest BCUT2D eigenvalue weighted by molar-refractivity contribution is 5.13. The van der Waals surface area contributed by atoms with E-state index in [1.807, 2.05) is 44.2 Å². The van der Waals surface area contributed by atoms with Crippen LogP contribution < -0.4 is 0 Å². The summed E-state index contributed by atoms with van der Waals surface area (Å²) in [6.45, 7) is 5.04. The Kier molecular flexibility index (Phi) is 3.28. The molecule has 21 heavy (non-hydrogen) atoms. The fourth-order valence-electron chi connectivity index (χ4n) is 3.01. The number of hydrogen-bond donors (Lipinski definition) is 0. The molecule has 1 aromatic carbocycles. The van der Waals surface area contributed by atoms with Gasteiger partial charge in [0.1, 0.15) is 24.4 Å². The van der Waals surface area contributed by atoms with E-state index >= 15 is 0 Å². The van der Waals surface area contributed by atoms with Crippen LogP contribution in [-0.4, -0.2) is 43.1 Å². The van der Waals surface area contributed by atoms with Crippen LogP contribution in [0.2, 0.25) is 0 Å². The molecule has 3 fully saturated rings. The Hall–Kier alpha value is -0.980. The Morgan fingerprint density at radius 2 is 1.90 bits per heavy atom. The summed E-state index contributed by atoms with van der Waals surface area (Å²) in [6, 6.07) is 10.1. The lowest BCUT2D eigenvalue weighted by molar-refractivity contribution is -0.221. The van der Waals surface area contributed by atoms with Gasteiger partial charge < -0.3 is 23.7 Å². The van der Waals surface area contributed by atoms with Crippen molar-refractivity contribution < 1.29 is 23.7 Å². The van der Waals surface area contributed by atoms with Crippen molar-refractivity contribution >= 4 is 0 Å². The summed E-state index contributed by atoms with van der Waals surface area (Å²) in [5.74, 6) is -0.626. The van der Waals surface area contributed by atoms with Crippen molar-refractivity contribution in [3.8, 4) is 0 Å². The molecular formula is C16H20O5. The molecule has 0 spiro atoms. The van der Waals surface area contributed by atoms with Crippen molar-refractivity contribution in [1.82, 2.24) is 0 Å². The van der Waals surface area contributed by atoms with E-state index in [0.29, 0.717) is 6.61 Å². The van der Waals surface area contributed by atoms with Gasteiger partial charge in [-0.1, -0.05) is 30.3 Å². The van der Waals surface area contributed by atoms with Crippen LogP contribution in [-0.2, 0) is 30.3 Å². The van der Waals surface area contributed by atoms with Crippen LogP contribution in [0.15, 0.2) is 30.3 Å². The number of rotatable bonds is 4. The van der Waals surface area contributed by atoms with E-state index < -0.39 is 5.79 Å². The summed E-state index contributed by atoms with van der Waals surface area (Å²) in [5, 5.41) is 0. The second-order valence-corrected chi connectivity index (χ2v) is 6.20. The van der Waals surface area contributed by atoms with Crippen LogP contribution in [0.5, 0.6) is 0 Å². The second kappa shape index (κ2) is 5.04. The number of benzene rings is 1. The van der Waals surface area contributed by atoms with Gasteiger partial charge in [-0.05, 0) is 19.4 Å². The Morgan fingerprint density at radius 3 is 2.62 bits per heavy atom. The van der Waals surface area contributed by atoms with Crippen LogP contribution in [0.3, 0.4) is 0 Å². The van der Waals surface area contributed by atoms with Gasteiger partial charge in [-0.2, -0.15) is 0 Å². The summed E-state index contributed by atoms with van der Waals surface area (Å²) < 4.78 is 29.2. The predicted molar refractivity (Wildman–Crippen MR) is 73.5 cm³/mol. The average molecular weight is 293 g/mol. The Labute approximate surface area is 124 Å². The predicted octanol–water partition coefficient (Wildman–Crippen LogP) is 1.85. The molecule has 0 N–H and O–H groups in total. The number of hydrogen-bond acceptors (Lipinski definition) is 5. The Balaban J connectivity index is 1.47. The highest BCUT2D eigenvalue weighted by Crippen LogP contribution is 2.42. The van der Waals surface area contributed by atoms with Crippen LogP contribution in [0, 0.1) is 0 Å². The highest BCUT2D eigenvalue weighted by Gasteiger charge is 2.59. The Morgan fingerprint density at radius 1 is 1.14 bits per heavy atom. The van der Waals surface area contributed by atoms with Crippen molar-refractivity contribution in [1.29, 1.82) is 0 Å². The van der Waals surface area contributed by atoms with E-state index in [4.69, 9.17) is 23.7 Å². The normalized spacial score (nSPS) is 40.2. The maximum atomic E-state index is 6.10. The van der Waals surface area contributed by atoms with Crippen LogP contribution in [0.4, 0.5) is 0 Å². The first-order valence-corrected chi connectivity index (χ1v) is 7.41. The lowest BCUT2D eigenvalue weighted by atomic mass is 10.1. The standard InChI is InChI=1S/C16H20O5/c1-16(2)20-14-13(18-8-10-6-4-3-5-7-10)12(11-9-17-11)19-15(14)21-16/h3-7,11-15H,8-9H2,1-2H3/t11-,12+,13+,14-,15-/m1/s1/i9+1. The summed E-state index contributed by atoms with van der Waals surface area (Å²) in [6.07, 6.45) is -0.733. The smallest absolute Gasteiger partial charge is 0.190 e. The van der Waals surface area contributed by atoms with E-state index in [-0.39, 0.29) is 30.7 Å². The molecule has 5 heteroatoms. The largest absolute Gasteiger partial charge is 0.370 e. The molecule has 0 radical (unpaired) electrons. The third-order valence-corrected chi connectivity index (χ3v) is 4.04. The fourth-order valence-corrected chi connectivity index (χ4v) is 3.01. The zero-order valence-electron chi connectivity index (χ0n) is 12.2. The summed E-state index contributed by atoms with van der Waals surface area (Å²) in [4.78, 5) is 0. The van der Waals surface area contributed by atoms with Gasteiger partial charge in [0.15, 0.2) is 12.1 Å². The van der Waals surface area contributed by atoms with Gasteiger partial charge in [-0.3, -0.25) is 0 Å². The van der Waals surface area contributed by atoms with Crippen molar-refractivity contribution in [2.75, 3.05) is 6.61 Å². The van der Waals surface area contributed by atoms with Gasteiger partial charge in [-0.15, -0.1) is 0 Å². The van der Waals surface area contributed by atoms with Gasteiger partial charge >= 0.3 is 0 Å². The molecule has 0 saturated carbocycles. The number of fused-ring (bicyclic) bond motifs is 1. The quantitative estimate of drug-likeness (QED) is 0.626. The minimum Gasteiger partial charge on any atom is -0.370 e.